The Kier molecular flexibility index (Phi) is 3.48. The molecule has 0 unspecified atom stereocenters. The molecule has 20 heavy (non-hydrogen) atoms. The number of fused-ring (bicyclic) bond motifs is 1. The van der Waals surface area contributed by atoms with Crippen LogP contribution in [-0.4, -0.2) is 15.8 Å². The minimum absolute atomic E-state index is 0.0308. The van der Waals surface area contributed by atoms with Gasteiger partial charge in [0.2, 0.25) is 0 Å². The molecule has 0 aliphatic heterocycles. The highest BCUT2D eigenvalue weighted by atomic mass is 79.9. The second kappa shape index (κ2) is 5.43. The molecule has 0 saturated heterocycles. The van der Waals surface area contributed by atoms with Gasteiger partial charge in [0.05, 0.1) is 0 Å². The summed E-state index contributed by atoms with van der Waals surface area (Å²) in [5.74, 6) is -0.0308. The fourth-order valence-electron chi connectivity index (χ4n) is 2.03. The summed E-state index contributed by atoms with van der Waals surface area (Å²) in [6, 6.07) is 9.43. The predicted octanol–water partition coefficient (Wildman–Crippen LogP) is 4.22. The summed E-state index contributed by atoms with van der Waals surface area (Å²) < 4.78 is 1.01. The van der Waals surface area contributed by atoms with E-state index in [2.05, 4.69) is 25.9 Å². The molecule has 3 rings (SSSR count). The minimum atomic E-state index is -0.0308. The van der Waals surface area contributed by atoms with Crippen molar-refractivity contribution in [3.8, 4) is 0 Å². The molecule has 2 heterocycles. The van der Waals surface area contributed by atoms with E-state index >= 15 is 0 Å². The Morgan fingerprint density at radius 3 is 2.80 bits per heavy atom. The predicted molar refractivity (Wildman–Crippen MR) is 83.6 cm³/mol. The number of aromatic nitrogens is 2. The molecule has 3 aromatic rings. The van der Waals surface area contributed by atoms with E-state index in [0.29, 0.717) is 5.56 Å². The van der Waals surface area contributed by atoms with E-state index in [0.717, 1.165) is 20.9 Å². The lowest BCUT2D eigenvalue weighted by molar-refractivity contribution is 0.104. The Morgan fingerprint density at radius 2 is 2.00 bits per heavy atom. The number of ketones is 1. The van der Waals surface area contributed by atoms with Gasteiger partial charge in [-0.2, -0.15) is 0 Å². The first-order valence-electron chi connectivity index (χ1n) is 6.13. The highest BCUT2D eigenvalue weighted by Crippen LogP contribution is 2.23. The molecule has 1 N–H and O–H groups in total. The molecule has 3 nitrogen and oxygen atoms in total. The van der Waals surface area contributed by atoms with Gasteiger partial charge in [0.25, 0.3) is 0 Å². The van der Waals surface area contributed by atoms with Gasteiger partial charge < -0.3 is 4.98 Å². The molecule has 0 saturated carbocycles. The first-order valence-corrected chi connectivity index (χ1v) is 6.92. The highest BCUT2D eigenvalue weighted by Gasteiger charge is 2.03. The van der Waals surface area contributed by atoms with Crippen molar-refractivity contribution < 1.29 is 4.79 Å². The molecule has 0 spiro atoms. The zero-order valence-electron chi connectivity index (χ0n) is 10.5. The molecule has 4 heteroatoms. The van der Waals surface area contributed by atoms with Gasteiger partial charge in [0.15, 0.2) is 5.78 Å². The molecule has 0 amide bonds. The van der Waals surface area contributed by atoms with Gasteiger partial charge in [-0.15, -0.1) is 0 Å². The number of carbonyl (C=O) groups is 1. The van der Waals surface area contributed by atoms with Crippen LogP contribution in [-0.2, 0) is 0 Å². The number of hydrogen-bond acceptors (Lipinski definition) is 2. The lowest BCUT2D eigenvalue weighted by Gasteiger charge is -1.95. The van der Waals surface area contributed by atoms with Crippen LogP contribution < -0.4 is 0 Å². The SMILES string of the molecule is O=C(/C=C/c1c[nH]c2ccc(Br)cc12)c1ccncc1. The average Bonchev–Trinajstić information content (AvgIpc) is 2.88. The van der Waals surface area contributed by atoms with Crippen molar-refractivity contribution in [1.29, 1.82) is 0 Å². The van der Waals surface area contributed by atoms with E-state index in [1.54, 1.807) is 30.6 Å². The topological polar surface area (TPSA) is 45.8 Å². The third kappa shape index (κ3) is 2.56. The number of hydrogen-bond donors (Lipinski definition) is 1. The Balaban J connectivity index is 1.91. The van der Waals surface area contributed by atoms with Crippen LogP contribution in [0.4, 0.5) is 0 Å². The van der Waals surface area contributed by atoms with Crippen LogP contribution >= 0.6 is 15.9 Å². The first kappa shape index (κ1) is 12.8. The summed E-state index contributed by atoms with van der Waals surface area (Å²) in [5, 5.41) is 1.08. The molecule has 0 aliphatic rings. The normalized spacial score (nSPS) is 11.2. The number of nitrogens with one attached hydrogen (secondary N) is 1. The van der Waals surface area contributed by atoms with E-state index < -0.39 is 0 Å². The third-order valence-electron chi connectivity index (χ3n) is 3.05. The lowest BCUT2D eigenvalue weighted by Crippen LogP contribution is -1.93. The molecule has 1 aromatic carbocycles. The number of pyridine rings is 1. The van der Waals surface area contributed by atoms with Crippen LogP contribution in [0.3, 0.4) is 0 Å². The number of nitrogens with zero attached hydrogens (tertiary/aromatic N) is 1. The van der Waals surface area contributed by atoms with Crippen LogP contribution in [0, 0.1) is 0 Å². The van der Waals surface area contributed by atoms with Gasteiger partial charge in [-0.1, -0.05) is 15.9 Å². The minimum Gasteiger partial charge on any atom is -0.361 e. The number of rotatable bonds is 3. The van der Waals surface area contributed by atoms with Crippen molar-refractivity contribution in [2.24, 2.45) is 0 Å². The Hall–Kier alpha value is -2.20. The molecule has 0 fully saturated rings. The summed E-state index contributed by atoms with van der Waals surface area (Å²) in [5.41, 5.74) is 2.67. The molecule has 0 radical (unpaired) electrons. The number of aromatic amines is 1. The zero-order chi connectivity index (χ0) is 13.9. The summed E-state index contributed by atoms with van der Waals surface area (Å²) >= 11 is 3.46. The van der Waals surface area contributed by atoms with Crippen LogP contribution in [0.2, 0.25) is 0 Å². The van der Waals surface area contributed by atoms with Crippen molar-refractivity contribution in [2.45, 2.75) is 0 Å². The number of H-pyrrole nitrogens is 1. The smallest absolute Gasteiger partial charge is 0.185 e. The molecule has 2 aromatic heterocycles. The van der Waals surface area contributed by atoms with Crippen molar-refractivity contribution >= 4 is 38.7 Å². The maximum Gasteiger partial charge on any atom is 0.185 e. The van der Waals surface area contributed by atoms with E-state index in [-0.39, 0.29) is 5.78 Å². The standard InChI is InChI=1S/C16H11BrN2O/c17-13-2-3-15-14(9-13)12(10-19-15)1-4-16(20)11-5-7-18-8-6-11/h1-10,19H/b4-1+. The number of benzene rings is 1. The molecular weight excluding hydrogens is 316 g/mol. The monoisotopic (exact) mass is 326 g/mol. The maximum absolute atomic E-state index is 12.0. The summed E-state index contributed by atoms with van der Waals surface area (Å²) in [4.78, 5) is 19.1. The van der Waals surface area contributed by atoms with Crippen molar-refractivity contribution in [3.63, 3.8) is 0 Å². The number of carbonyl (C=O) groups excluding carboxylic acids is 1. The van der Waals surface area contributed by atoms with Gasteiger partial charge in [0.1, 0.15) is 0 Å². The van der Waals surface area contributed by atoms with Gasteiger partial charge in [0, 0.05) is 39.5 Å². The summed E-state index contributed by atoms with van der Waals surface area (Å²) in [6.07, 6.45) is 8.54. The van der Waals surface area contributed by atoms with E-state index in [4.69, 9.17) is 0 Å². The van der Waals surface area contributed by atoms with Crippen LogP contribution in [0.15, 0.2) is 59.5 Å². The Labute approximate surface area is 124 Å². The molecular formula is C16H11BrN2O. The molecule has 0 bridgehead atoms. The van der Waals surface area contributed by atoms with Crippen LogP contribution in [0.25, 0.3) is 17.0 Å². The fourth-order valence-corrected chi connectivity index (χ4v) is 2.39. The summed E-state index contributed by atoms with van der Waals surface area (Å²) in [7, 11) is 0. The largest absolute Gasteiger partial charge is 0.361 e. The summed E-state index contributed by atoms with van der Waals surface area (Å²) in [6.45, 7) is 0. The van der Waals surface area contributed by atoms with E-state index in [9.17, 15) is 4.79 Å². The van der Waals surface area contributed by atoms with Gasteiger partial charge in [-0.3, -0.25) is 9.78 Å². The van der Waals surface area contributed by atoms with Gasteiger partial charge >= 0.3 is 0 Å². The highest BCUT2D eigenvalue weighted by molar-refractivity contribution is 9.10. The van der Waals surface area contributed by atoms with E-state index in [1.807, 2.05) is 30.5 Å². The van der Waals surface area contributed by atoms with Crippen molar-refractivity contribution in [2.75, 3.05) is 0 Å². The quantitative estimate of drug-likeness (QED) is 0.578. The molecule has 0 aliphatic carbocycles. The Morgan fingerprint density at radius 1 is 1.20 bits per heavy atom. The maximum atomic E-state index is 12.0. The Bertz CT molecular complexity index is 791. The van der Waals surface area contributed by atoms with E-state index in [1.165, 1.54) is 0 Å². The average molecular weight is 327 g/mol. The van der Waals surface area contributed by atoms with Crippen LogP contribution in [0.5, 0.6) is 0 Å². The fraction of sp³-hybridized carbons (Fsp3) is 0. The second-order valence-electron chi connectivity index (χ2n) is 4.37. The first-order chi connectivity index (χ1) is 9.74. The van der Waals surface area contributed by atoms with Gasteiger partial charge in [-0.25, -0.2) is 0 Å². The van der Waals surface area contributed by atoms with Crippen LogP contribution in [0.1, 0.15) is 15.9 Å². The molecule has 0 atom stereocenters. The van der Waals surface area contributed by atoms with Crippen molar-refractivity contribution in [1.82, 2.24) is 9.97 Å². The number of halogens is 1. The molecule has 98 valence electrons. The third-order valence-corrected chi connectivity index (χ3v) is 3.55. The van der Waals surface area contributed by atoms with Gasteiger partial charge in [-0.05, 0) is 48.0 Å². The number of allylic oxidation sites excluding steroid dienone is 1. The second-order valence-corrected chi connectivity index (χ2v) is 5.28. The van der Waals surface area contributed by atoms with Crippen molar-refractivity contribution in [3.05, 3.63) is 70.6 Å². The zero-order valence-corrected chi connectivity index (χ0v) is 12.1. The lowest BCUT2D eigenvalue weighted by atomic mass is 10.1.